The Morgan fingerprint density at radius 3 is 2.68 bits per heavy atom. The standard InChI is InChI=1S/C12H21N5OS/c1-8(2)17-10(18)15-16-11(17)19-9(3)6-12(4,7-13)14-5/h8-9,14H,6H2,1-5H3,(H,15,18). The lowest BCUT2D eigenvalue weighted by atomic mass is 9.98. The van der Waals surface area contributed by atoms with Crippen molar-refractivity contribution < 1.29 is 0 Å². The molecule has 0 aliphatic heterocycles. The number of aromatic nitrogens is 3. The molecule has 2 N–H and O–H groups in total. The first-order valence-corrected chi connectivity index (χ1v) is 7.14. The number of H-pyrrole nitrogens is 1. The molecule has 1 rings (SSSR count). The second-order valence-electron chi connectivity index (χ2n) is 5.10. The Kier molecular flexibility index (Phi) is 5.20. The summed E-state index contributed by atoms with van der Waals surface area (Å²) in [6.45, 7) is 7.78. The van der Waals surface area contributed by atoms with Crippen LogP contribution < -0.4 is 11.0 Å². The van der Waals surface area contributed by atoms with Crippen molar-refractivity contribution in [1.29, 1.82) is 5.26 Å². The maximum atomic E-state index is 11.6. The van der Waals surface area contributed by atoms with Crippen molar-refractivity contribution in [3.63, 3.8) is 0 Å². The fourth-order valence-electron chi connectivity index (χ4n) is 1.83. The number of nitriles is 1. The second kappa shape index (κ2) is 6.26. The van der Waals surface area contributed by atoms with Gasteiger partial charge < -0.3 is 5.32 Å². The minimum Gasteiger partial charge on any atom is -0.303 e. The van der Waals surface area contributed by atoms with Crippen molar-refractivity contribution in [3.05, 3.63) is 10.5 Å². The van der Waals surface area contributed by atoms with Gasteiger partial charge in [0, 0.05) is 11.3 Å². The van der Waals surface area contributed by atoms with Crippen molar-refractivity contribution in [1.82, 2.24) is 20.1 Å². The average Bonchev–Trinajstić information content (AvgIpc) is 2.70. The van der Waals surface area contributed by atoms with Gasteiger partial charge in [-0.25, -0.2) is 9.89 Å². The minimum atomic E-state index is -0.564. The molecule has 106 valence electrons. The number of hydrogen-bond acceptors (Lipinski definition) is 5. The molecule has 2 atom stereocenters. The number of hydrogen-bond donors (Lipinski definition) is 2. The average molecular weight is 283 g/mol. The van der Waals surface area contributed by atoms with E-state index in [1.165, 1.54) is 11.8 Å². The van der Waals surface area contributed by atoms with Crippen molar-refractivity contribution in [2.45, 2.75) is 56.1 Å². The zero-order valence-electron chi connectivity index (χ0n) is 12.0. The first kappa shape index (κ1) is 15.8. The summed E-state index contributed by atoms with van der Waals surface area (Å²) in [6, 6.07) is 2.33. The third-order valence-electron chi connectivity index (χ3n) is 2.99. The molecule has 19 heavy (non-hydrogen) atoms. The molecule has 0 aliphatic carbocycles. The van der Waals surface area contributed by atoms with Gasteiger partial charge in [0.2, 0.25) is 0 Å². The normalized spacial score (nSPS) is 16.1. The highest BCUT2D eigenvalue weighted by Gasteiger charge is 2.26. The van der Waals surface area contributed by atoms with Crippen LogP contribution in [0.2, 0.25) is 0 Å². The zero-order valence-corrected chi connectivity index (χ0v) is 12.8. The first-order valence-electron chi connectivity index (χ1n) is 6.26. The number of nitrogens with zero attached hydrogens (tertiary/aromatic N) is 3. The molecule has 0 fully saturated rings. The van der Waals surface area contributed by atoms with E-state index in [9.17, 15) is 4.79 Å². The maximum absolute atomic E-state index is 11.6. The van der Waals surface area contributed by atoms with Crippen LogP contribution in [0.5, 0.6) is 0 Å². The number of nitrogens with one attached hydrogen (secondary N) is 2. The Balaban J connectivity index is 2.81. The Bertz CT molecular complexity index is 515. The third kappa shape index (κ3) is 3.85. The molecule has 0 aromatic carbocycles. The van der Waals surface area contributed by atoms with Gasteiger partial charge in [0.25, 0.3) is 0 Å². The smallest absolute Gasteiger partial charge is 0.303 e. The van der Waals surface area contributed by atoms with E-state index in [1.807, 2.05) is 27.7 Å². The monoisotopic (exact) mass is 283 g/mol. The predicted molar refractivity (Wildman–Crippen MR) is 76.2 cm³/mol. The molecular formula is C12H21N5OS. The molecule has 0 saturated carbocycles. The van der Waals surface area contributed by atoms with Crippen LogP contribution in [0.25, 0.3) is 0 Å². The van der Waals surface area contributed by atoms with E-state index >= 15 is 0 Å². The van der Waals surface area contributed by atoms with Crippen LogP contribution in [0.15, 0.2) is 9.95 Å². The van der Waals surface area contributed by atoms with Gasteiger partial charge >= 0.3 is 5.69 Å². The molecule has 1 heterocycles. The first-order chi connectivity index (χ1) is 8.83. The van der Waals surface area contributed by atoms with E-state index in [1.54, 1.807) is 11.6 Å². The number of thioether (sulfide) groups is 1. The Hall–Kier alpha value is -1.26. The summed E-state index contributed by atoms with van der Waals surface area (Å²) in [5.41, 5.74) is -0.757. The Morgan fingerprint density at radius 2 is 2.21 bits per heavy atom. The maximum Gasteiger partial charge on any atom is 0.344 e. The van der Waals surface area contributed by atoms with Crippen molar-refractivity contribution >= 4 is 11.8 Å². The lowest BCUT2D eigenvalue weighted by molar-refractivity contribution is 0.454. The minimum absolute atomic E-state index is 0.0626. The molecule has 7 heteroatoms. The highest BCUT2D eigenvalue weighted by molar-refractivity contribution is 7.99. The second-order valence-corrected chi connectivity index (χ2v) is 6.51. The fraction of sp³-hybridized carbons (Fsp3) is 0.750. The van der Waals surface area contributed by atoms with Crippen LogP contribution in [0.4, 0.5) is 0 Å². The van der Waals surface area contributed by atoms with Crippen LogP contribution in [0, 0.1) is 11.3 Å². The zero-order chi connectivity index (χ0) is 14.6. The summed E-state index contributed by atoms with van der Waals surface area (Å²) < 4.78 is 1.63. The highest BCUT2D eigenvalue weighted by atomic mass is 32.2. The van der Waals surface area contributed by atoms with Crippen LogP contribution in [-0.4, -0.2) is 32.6 Å². The van der Waals surface area contributed by atoms with Crippen molar-refractivity contribution in [2.24, 2.45) is 0 Å². The molecular weight excluding hydrogens is 262 g/mol. The van der Waals surface area contributed by atoms with Crippen LogP contribution >= 0.6 is 11.8 Å². The summed E-state index contributed by atoms with van der Waals surface area (Å²) in [6.07, 6.45) is 0.670. The quantitative estimate of drug-likeness (QED) is 0.773. The van der Waals surface area contributed by atoms with E-state index in [4.69, 9.17) is 5.26 Å². The number of rotatable bonds is 6. The largest absolute Gasteiger partial charge is 0.344 e. The van der Waals surface area contributed by atoms with Gasteiger partial charge in [0.15, 0.2) is 5.16 Å². The highest BCUT2D eigenvalue weighted by Crippen LogP contribution is 2.27. The summed E-state index contributed by atoms with van der Waals surface area (Å²) in [5, 5.41) is 19.5. The predicted octanol–water partition coefficient (Wildman–Crippen LogP) is 1.52. The lowest BCUT2D eigenvalue weighted by Crippen LogP contribution is -2.40. The molecule has 1 aromatic heterocycles. The van der Waals surface area contributed by atoms with Crippen LogP contribution in [-0.2, 0) is 0 Å². The molecule has 0 bridgehead atoms. The summed E-state index contributed by atoms with van der Waals surface area (Å²) in [7, 11) is 1.78. The molecule has 1 aromatic rings. The van der Waals surface area contributed by atoms with Gasteiger partial charge in [-0.2, -0.15) is 5.26 Å². The topological polar surface area (TPSA) is 86.5 Å². The van der Waals surface area contributed by atoms with E-state index in [0.29, 0.717) is 11.6 Å². The van der Waals surface area contributed by atoms with Gasteiger partial charge in [0.1, 0.15) is 5.54 Å². The summed E-state index contributed by atoms with van der Waals surface area (Å²) >= 11 is 1.51. The van der Waals surface area contributed by atoms with Gasteiger partial charge in [-0.05, 0) is 34.2 Å². The van der Waals surface area contributed by atoms with Crippen LogP contribution in [0.3, 0.4) is 0 Å². The van der Waals surface area contributed by atoms with Gasteiger partial charge in [-0.1, -0.05) is 18.7 Å². The van der Waals surface area contributed by atoms with E-state index in [0.717, 1.165) is 0 Å². The van der Waals surface area contributed by atoms with Crippen LogP contribution in [0.1, 0.15) is 40.2 Å². The molecule has 0 spiro atoms. The summed E-state index contributed by atoms with van der Waals surface area (Å²) in [4.78, 5) is 11.6. The lowest BCUT2D eigenvalue weighted by Gasteiger charge is -2.24. The van der Waals surface area contributed by atoms with E-state index < -0.39 is 5.54 Å². The van der Waals surface area contributed by atoms with Crippen molar-refractivity contribution in [3.8, 4) is 6.07 Å². The third-order valence-corrected chi connectivity index (χ3v) is 4.06. The van der Waals surface area contributed by atoms with Gasteiger partial charge in [-0.15, -0.1) is 5.10 Å². The Morgan fingerprint density at radius 1 is 1.58 bits per heavy atom. The molecule has 0 radical (unpaired) electrons. The van der Waals surface area contributed by atoms with Gasteiger partial charge in [0.05, 0.1) is 6.07 Å². The van der Waals surface area contributed by atoms with E-state index in [2.05, 4.69) is 21.6 Å². The SMILES string of the molecule is CNC(C)(C#N)CC(C)Sc1n[nH]c(=O)n1C(C)C. The molecule has 0 aliphatic rings. The van der Waals surface area contributed by atoms with Crippen molar-refractivity contribution in [2.75, 3.05) is 7.05 Å². The van der Waals surface area contributed by atoms with E-state index in [-0.39, 0.29) is 17.0 Å². The summed E-state index contributed by atoms with van der Waals surface area (Å²) in [5.74, 6) is 0. The molecule has 2 unspecified atom stereocenters. The van der Waals surface area contributed by atoms with Gasteiger partial charge in [-0.3, -0.25) is 4.57 Å². The fourth-order valence-corrected chi connectivity index (χ4v) is 3.11. The Labute approximate surface area is 117 Å². The molecule has 0 saturated heterocycles. The molecule has 6 nitrogen and oxygen atoms in total. The number of aromatic amines is 1. The molecule has 0 amide bonds.